The SMILES string of the molecule is C[C@H](NC(=O)Cc1cccc2ccccc12)C(=O)NCc1ccccc1F. The summed E-state index contributed by atoms with van der Waals surface area (Å²) in [5.74, 6) is -0.963. The molecular formula is C22H21FN2O2. The van der Waals surface area contributed by atoms with Gasteiger partial charge in [-0.2, -0.15) is 0 Å². The second kappa shape index (κ2) is 8.45. The first kappa shape index (κ1) is 18.6. The molecule has 0 heterocycles. The maximum absolute atomic E-state index is 13.6. The molecule has 2 N–H and O–H groups in total. The predicted molar refractivity (Wildman–Crippen MR) is 104 cm³/mol. The van der Waals surface area contributed by atoms with Crippen molar-refractivity contribution >= 4 is 22.6 Å². The first-order valence-electron chi connectivity index (χ1n) is 8.81. The number of hydrogen-bond donors (Lipinski definition) is 2. The predicted octanol–water partition coefficient (Wildman–Crippen LogP) is 3.34. The molecule has 0 saturated heterocycles. The van der Waals surface area contributed by atoms with Gasteiger partial charge in [0.1, 0.15) is 11.9 Å². The Kier molecular flexibility index (Phi) is 5.81. The zero-order valence-corrected chi connectivity index (χ0v) is 15.0. The monoisotopic (exact) mass is 364 g/mol. The Labute approximate surface area is 157 Å². The van der Waals surface area contributed by atoms with Crippen molar-refractivity contribution in [1.82, 2.24) is 10.6 Å². The highest BCUT2D eigenvalue weighted by Crippen LogP contribution is 2.18. The van der Waals surface area contributed by atoms with Gasteiger partial charge in [-0.25, -0.2) is 4.39 Å². The summed E-state index contributed by atoms with van der Waals surface area (Å²) < 4.78 is 13.6. The van der Waals surface area contributed by atoms with Crippen molar-refractivity contribution in [3.63, 3.8) is 0 Å². The average molecular weight is 364 g/mol. The van der Waals surface area contributed by atoms with Crippen LogP contribution in [-0.2, 0) is 22.6 Å². The van der Waals surface area contributed by atoms with E-state index in [1.54, 1.807) is 25.1 Å². The van der Waals surface area contributed by atoms with Crippen molar-refractivity contribution in [3.8, 4) is 0 Å². The normalized spacial score (nSPS) is 11.8. The molecule has 1 atom stereocenters. The second-order valence-corrected chi connectivity index (χ2v) is 6.41. The van der Waals surface area contributed by atoms with Crippen LogP contribution in [0.5, 0.6) is 0 Å². The van der Waals surface area contributed by atoms with Crippen LogP contribution in [-0.4, -0.2) is 17.9 Å². The van der Waals surface area contributed by atoms with Crippen molar-refractivity contribution in [2.24, 2.45) is 0 Å². The molecule has 0 aliphatic rings. The van der Waals surface area contributed by atoms with Crippen molar-refractivity contribution in [1.29, 1.82) is 0 Å². The molecule has 5 heteroatoms. The topological polar surface area (TPSA) is 58.2 Å². The summed E-state index contributed by atoms with van der Waals surface area (Å²) in [6.07, 6.45) is 0.187. The van der Waals surface area contributed by atoms with Crippen LogP contribution in [0.4, 0.5) is 4.39 Å². The van der Waals surface area contributed by atoms with Gasteiger partial charge >= 0.3 is 0 Å². The van der Waals surface area contributed by atoms with Gasteiger partial charge in [0.05, 0.1) is 6.42 Å². The Morgan fingerprint density at radius 2 is 1.59 bits per heavy atom. The molecule has 0 aliphatic heterocycles. The summed E-state index contributed by atoms with van der Waals surface area (Å²) in [7, 11) is 0. The fraction of sp³-hybridized carbons (Fsp3) is 0.182. The summed E-state index contributed by atoms with van der Waals surface area (Å²) >= 11 is 0. The number of fused-ring (bicyclic) bond motifs is 1. The lowest BCUT2D eigenvalue weighted by molar-refractivity contribution is -0.128. The maximum atomic E-state index is 13.6. The molecule has 0 aliphatic carbocycles. The van der Waals surface area contributed by atoms with Crippen molar-refractivity contribution in [2.45, 2.75) is 25.9 Å². The third-order valence-corrected chi connectivity index (χ3v) is 4.41. The van der Waals surface area contributed by atoms with Gasteiger partial charge in [0.2, 0.25) is 11.8 Å². The summed E-state index contributed by atoms with van der Waals surface area (Å²) in [6.45, 7) is 1.69. The molecule has 3 aromatic rings. The van der Waals surface area contributed by atoms with E-state index in [1.165, 1.54) is 6.07 Å². The van der Waals surface area contributed by atoms with Gasteiger partial charge in [-0.15, -0.1) is 0 Å². The van der Waals surface area contributed by atoms with Crippen LogP contribution in [0.2, 0.25) is 0 Å². The number of halogens is 1. The van der Waals surface area contributed by atoms with E-state index >= 15 is 0 Å². The third-order valence-electron chi connectivity index (χ3n) is 4.41. The average Bonchev–Trinajstić information content (AvgIpc) is 2.67. The van der Waals surface area contributed by atoms with E-state index in [-0.39, 0.29) is 30.6 Å². The Hall–Kier alpha value is -3.21. The van der Waals surface area contributed by atoms with E-state index < -0.39 is 6.04 Å². The molecule has 0 saturated carbocycles. The number of carbonyl (C=O) groups excluding carboxylic acids is 2. The van der Waals surface area contributed by atoms with E-state index in [0.717, 1.165) is 16.3 Å². The van der Waals surface area contributed by atoms with Crippen LogP contribution in [0, 0.1) is 5.82 Å². The number of hydrogen-bond acceptors (Lipinski definition) is 2. The lowest BCUT2D eigenvalue weighted by atomic mass is 10.0. The lowest BCUT2D eigenvalue weighted by Crippen LogP contribution is -2.45. The number of rotatable bonds is 6. The van der Waals surface area contributed by atoms with E-state index in [9.17, 15) is 14.0 Å². The number of nitrogens with one attached hydrogen (secondary N) is 2. The van der Waals surface area contributed by atoms with E-state index in [4.69, 9.17) is 0 Å². The standard InChI is InChI=1S/C22H21FN2O2/c1-15(22(27)24-14-18-8-3-5-12-20(18)23)25-21(26)13-17-10-6-9-16-7-2-4-11-19(16)17/h2-12,15H,13-14H2,1H3,(H,24,27)(H,25,26)/t15-/m0/s1. The molecule has 138 valence electrons. The molecule has 0 radical (unpaired) electrons. The molecule has 0 fully saturated rings. The molecule has 3 rings (SSSR count). The van der Waals surface area contributed by atoms with Crippen molar-refractivity contribution < 1.29 is 14.0 Å². The molecular weight excluding hydrogens is 343 g/mol. The lowest BCUT2D eigenvalue weighted by Gasteiger charge is -2.15. The molecule has 0 unspecified atom stereocenters. The van der Waals surface area contributed by atoms with Crippen LogP contribution >= 0.6 is 0 Å². The minimum Gasteiger partial charge on any atom is -0.350 e. The van der Waals surface area contributed by atoms with Gasteiger partial charge in [-0.05, 0) is 29.3 Å². The zero-order chi connectivity index (χ0) is 19.2. The number of benzene rings is 3. The van der Waals surface area contributed by atoms with Crippen molar-refractivity contribution in [3.05, 3.63) is 83.7 Å². The Balaban J connectivity index is 1.57. The Morgan fingerprint density at radius 1 is 0.926 bits per heavy atom. The van der Waals surface area contributed by atoms with Crippen LogP contribution in [0.15, 0.2) is 66.7 Å². The zero-order valence-electron chi connectivity index (χ0n) is 15.0. The maximum Gasteiger partial charge on any atom is 0.242 e. The molecule has 27 heavy (non-hydrogen) atoms. The number of carbonyl (C=O) groups is 2. The van der Waals surface area contributed by atoms with Crippen molar-refractivity contribution in [2.75, 3.05) is 0 Å². The highest BCUT2D eigenvalue weighted by molar-refractivity contribution is 5.92. The van der Waals surface area contributed by atoms with E-state index in [2.05, 4.69) is 10.6 Å². The van der Waals surface area contributed by atoms with Crippen LogP contribution in [0.1, 0.15) is 18.1 Å². The van der Waals surface area contributed by atoms with Gasteiger partial charge in [0.25, 0.3) is 0 Å². The Bertz CT molecular complexity index is 966. The summed E-state index contributed by atoms with van der Waals surface area (Å²) in [5.41, 5.74) is 1.31. The molecule has 3 aromatic carbocycles. The third kappa shape index (κ3) is 4.70. The quantitative estimate of drug-likeness (QED) is 0.705. The minimum atomic E-state index is -0.709. The molecule has 0 aromatic heterocycles. The van der Waals surface area contributed by atoms with Gasteiger partial charge in [-0.3, -0.25) is 9.59 Å². The van der Waals surface area contributed by atoms with Crippen LogP contribution < -0.4 is 10.6 Å². The van der Waals surface area contributed by atoms with E-state index in [0.29, 0.717) is 5.56 Å². The second-order valence-electron chi connectivity index (χ2n) is 6.41. The largest absolute Gasteiger partial charge is 0.350 e. The molecule has 0 bridgehead atoms. The highest BCUT2D eigenvalue weighted by Gasteiger charge is 2.16. The Morgan fingerprint density at radius 3 is 2.41 bits per heavy atom. The minimum absolute atomic E-state index is 0.0784. The van der Waals surface area contributed by atoms with Gasteiger partial charge < -0.3 is 10.6 Å². The first-order chi connectivity index (χ1) is 13.0. The molecule has 4 nitrogen and oxygen atoms in total. The summed E-state index contributed by atoms with van der Waals surface area (Å²) in [4.78, 5) is 24.5. The smallest absolute Gasteiger partial charge is 0.242 e. The van der Waals surface area contributed by atoms with Gasteiger partial charge in [-0.1, -0.05) is 60.7 Å². The summed E-state index contributed by atoms with van der Waals surface area (Å²) in [6, 6.07) is 19.2. The fourth-order valence-electron chi connectivity index (χ4n) is 2.95. The van der Waals surface area contributed by atoms with Gasteiger partial charge in [0, 0.05) is 12.1 Å². The van der Waals surface area contributed by atoms with E-state index in [1.807, 2.05) is 42.5 Å². The van der Waals surface area contributed by atoms with Gasteiger partial charge in [0.15, 0.2) is 0 Å². The van der Waals surface area contributed by atoms with Crippen LogP contribution in [0.25, 0.3) is 10.8 Å². The van der Waals surface area contributed by atoms with Crippen LogP contribution in [0.3, 0.4) is 0 Å². The molecule has 0 spiro atoms. The number of amides is 2. The molecule has 2 amide bonds. The first-order valence-corrected chi connectivity index (χ1v) is 8.81. The highest BCUT2D eigenvalue weighted by atomic mass is 19.1. The summed E-state index contributed by atoms with van der Waals surface area (Å²) in [5, 5.41) is 7.43. The fourth-order valence-corrected chi connectivity index (χ4v) is 2.95.